The molecule has 1 aromatic rings. The maximum atomic E-state index is 12.6. The summed E-state index contributed by atoms with van der Waals surface area (Å²) in [6.07, 6.45) is 3.24. The molecule has 1 aliphatic rings. The highest BCUT2D eigenvalue weighted by Gasteiger charge is 2.27. The van der Waals surface area contributed by atoms with Crippen molar-refractivity contribution in [2.45, 2.75) is 46.1 Å². The van der Waals surface area contributed by atoms with Gasteiger partial charge in [0.2, 0.25) is 0 Å². The van der Waals surface area contributed by atoms with Crippen LogP contribution in [0.2, 0.25) is 0 Å². The van der Waals surface area contributed by atoms with Gasteiger partial charge < -0.3 is 10.2 Å². The second-order valence-electron chi connectivity index (χ2n) is 6.10. The Balaban J connectivity index is 2.06. The monoisotopic (exact) mass is 288 g/mol. The average molecular weight is 288 g/mol. The van der Waals surface area contributed by atoms with E-state index in [0.29, 0.717) is 12.0 Å². The summed E-state index contributed by atoms with van der Waals surface area (Å²) >= 11 is 0. The number of nitrogens with one attached hydrogen (secondary N) is 1. The van der Waals surface area contributed by atoms with Crippen LogP contribution in [0.3, 0.4) is 0 Å². The van der Waals surface area contributed by atoms with Crippen molar-refractivity contribution in [2.24, 2.45) is 5.92 Å². The summed E-state index contributed by atoms with van der Waals surface area (Å²) in [5, 5.41) is 3.62. The molecular weight excluding hydrogens is 260 g/mol. The van der Waals surface area contributed by atoms with Crippen molar-refractivity contribution in [3.63, 3.8) is 0 Å². The molecule has 1 amide bonds. The van der Waals surface area contributed by atoms with E-state index in [-0.39, 0.29) is 5.91 Å². The van der Waals surface area contributed by atoms with Crippen molar-refractivity contribution < 1.29 is 4.79 Å². The van der Waals surface area contributed by atoms with Crippen LogP contribution in [0.25, 0.3) is 0 Å². The quantitative estimate of drug-likeness (QED) is 0.836. The van der Waals surface area contributed by atoms with Gasteiger partial charge in [0.25, 0.3) is 5.91 Å². The Bertz CT molecular complexity index is 472. The summed E-state index contributed by atoms with van der Waals surface area (Å²) < 4.78 is 0. The summed E-state index contributed by atoms with van der Waals surface area (Å²) in [5.41, 5.74) is 2.09. The van der Waals surface area contributed by atoms with Crippen LogP contribution in [0.15, 0.2) is 24.3 Å². The summed E-state index contributed by atoms with van der Waals surface area (Å²) in [6, 6.07) is 8.41. The largest absolute Gasteiger partial charge is 0.337 e. The van der Waals surface area contributed by atoms with Gasteiger partial charge in [0.15, 0.2) is 0 Å². The van der Waals surface area contributed by atoms with Gasteiger partial charge in [0.05, 0.1) is 0 Å². The van der Waals surface area contributed by atoms with Crippen molar-refractivity contribution >= 4 is 5.91 Å². The van der Waals surface area contributed by atoms with Crippen molar-refractivity contribution in [1.82, 2.24) is 10.2 Å². The van der Waals surface area contributed by atoms with Gasteiger partial charge in [-0.2, -0.15) is 0 Å². The van der Waals surface area contributed by atoms with E-state index in [9.17, 15) is 4.79 Å². The van der Waals surface area contributed by atoms with E-state index >= 15 is 0 Å². The van der Waals surface area contributed by atoms with E-state index in [0.717, 1.165) is 44.5 Å². The SMILES string of the molecule is CCCNC(CN1CCc2ccccc2C1=O)C(C)CC. The molecule has 21 heavy (non-hydrogen) atoms. The predicted octanol–water partition coefficient (Wildman–Crippen LogP) is 3.10. The zero-order chi connectivity index (χ0) is 15.2. The molecule has 1 aromatic carbocycles. The zero-order valence-corrected chi connectivity index (χ0v) is 13.6. The van der Waals surface area contributed by atoms with Gasteiger partial charge in [-0.05, 0) is 36.9 Å². The maximum absolute atomic E-state index is 12.6. The first-order valence-corrected chi connectivity index (χ1v) is 8.27. The van der Waals surface area contributed by atoms with Gasteiger partial charge >= 0.3 is 0 Å². The third-order valence-electron chi connectivity index (χ3n) is 4.59. The Morgan fingerprint density at radius 2 is 2.05 bits per heavy atom. The van der Waals surface area contributed by atoms with Crippen molar-refractivity contribution in [3.8, 4) is 0 Å². The summed E-state index contributed by atoms with van der Waals surface area (Å²) in [4.78, 5) is 14.7. The van der Waals surface area contributed by atoms with Gasteiger partial charge in [0.1, 0.15) is 0 Å². The molecule has 0 saturated heterocycles. The number of nitrogens with zero attached hydrogens (tertiary/aromatic N) is 1. The van der Waals surface area contributed by atoms with E-state index in [2.05, 4.69) is 32.2 Å². The van der Waals surface area contributed by atoms with Crippen LogP contribution in [0.4, 0.5) is 0 Å². The highest BCUT2D eigenvalue weighted by Crippen LogP contribution is 2.20. The van der Waals surface area contributed by atoms with Crippen molar-refractivity contribution in [1.29, 1.82) is 0 Å². The Morgan fingerprint density at radius 3 is 2.76 bits per heavy atom. The van der Waals surface area contributed by atoms with E-state index in [1.165, 1.54) is 5.56 Å². The van der Waals surface area contributed by atoms with Gasteiger partial charge in [-0.1, -0.05) is 45.4 Å². The molecule has 116 valence electrons. The van der Waals surface area contributed by atoms with Gasteiger partial charge in [-0.25, -0.2) is 0 Å². The fourth-order valence-electron chi connectivity index (χ4n) is 2.95. The number of carbonyl (C=O) groups is 1. The summed E-state index contributed by atoms with van der Waals surface area (Å²) in [7, 11) is 0. The molecule has 2 unspecified atom stereocenters. The first kappa shape index (κ1) is 16.0. The Kier molecular flexibility index (Phi) is 5.80. The van der Waals surface area contributed by atoms with E-state index in [4.69, 9.17) is 0 Å². The highest BCUT2D eigenvalue weighted by atomic mass is 16.2. The fraction of sp³-hybridized carbons (Fsp3) is 0.611. The lowest BCUT2D eigenvalue weighted by molar-refractivity contribution is 0.0707. The van der Waals surface area contributed by atoms with Crippen LogP contribution in [-0.4, -0.2) is 36.5 Å². The van der Waals surface area contributed by atoms with Crippen LogP contribution < -0.4 is 5.32 Å². The lowest BCUT2D eigenvalue weighted by atomic mass is 9.95. The van der Waals surface area contributed by atoms with E-state index in [1.807, 2.05) is 23.1 Å². The molecular formula is C18H28N2O. The standard InChI is InChI=1S/C18H28N2O/c1-4-11-19-17(14(3)5-2)13-20-12-10-15-8-6-7-9-16(15)18(20)21/h6-9,14,17,19H,4-5,10-13H2,1-3H3. The Morgan fingerprint density at radius 1 is 1.29 bits per heavy atom. The van der Waals surface area contributed by atoms with Crippen molar-refractivity contribution in [3.05, 3.63) is 35.4 Å². The smallest absolute Gasteiger partial charge is 0.254 e. The van der Waals surface area contributed by atoms with Crippen LogP contribution in [0, 0.1) is 5.92 Å². The lowest BCUT2D eigenvalue weighted by Gasteiger charge is -2.34. The highest BCUT2D eigenvalue weighted by molar-refractivity contribution is 5.96. The molecule has 1 heterocycles. The third kappa shape index (κ3) is 3.85. The van der Waals surface area contributed by atoms with Crippen LogP contribution >= 0.6 is 0 Å². The molecule has 0 radical (unpaired) electrons. The number of benzene rings is 1. The predicted molar refractivity (Wildman–Crippen MR) is 87.6 cm³/mol. The maximum Gasteiger partial charge on any atom is 0.254 e. The number of fused-ring (bicyclic) bond motifs is 1. The topological polar surface area (TPSA) is 32.3 Å². The molecule has 3 heteroatoms. The normalized spacial score (nSPS) is 17.5. The van der Waals surface area contributed by atoms with E-state index in [1.54, 1.807) is 0 Å². The molecule has 1 N–H and O–H groups in total. The molecule has 0 fully saturated rings. The molecule has 0 aromatic heterocycles. The minimum Gasteiger partial charge on any atom is -0.337 e. The first-order chi connectivity index (χ1) is 10.2. The molecule has 2 rings (SSSR count). The Hall–Kier alpha value is -1.35. The molecule has 2 atom stereocenters. The number of carbonyl (C=O) groups excluding carboxylic acids is 1. The third-order valence-corrected chi connectivity index (χ3v) is 4.59. The van der Waals surface area contributed by atoms with Crippen LogP contribution in [0.1, 0.15) is 49.5 Å². The number of rotatable bonds is 7. The van der Waals surface area contributed by atoms with Gasteiger partial charge in [-0.3, -0.25) is 4.79 Å². The second kappa shape index (κ2) is 7.60. The summed E-state index contributed by atoms with van der Waals surface area (Å²) in [5.74, 6) is 0.782. The zero-order valence-electron chi connectivity index (χ0n) is 13.6. The molecule has 0 spiro atoms. The number of hydrogen-bond acceptors (Lipinski definition) is 2. The van der Waals surface area contributed by atoms with Gasteiger partial charge in [-0.15, -0.1) is 0 Å². The minimum absolute atomic E-state index is 0.198. The molecule has 0 aliphatic carbocycles. The Labute approximate surface area is 128 Å². The van der Waals surface area contributed by atoms with Crippen molar-refractivity contribution in [2.75, 3.05) is 19.6 Å². The summed E-state index contributed by atoms with van der Waals surface area (Å²) in [6.45, 7) is 9.36. The number of amides is 1. The molecule has 0 bridgehead atoms. The molecule has 3 nitrogen and oxygen atoms in total. The van der Waals surface area contributed by atoms with Crippen LogP contribution in [0.5, 0.6) is 0 Å². The van der Waals surface area contributed by atoms with E-state index < -0.39 is 0 Å². The average Bonchev–Trinajstić information content (AvgIpc) is 2.53. The van der Waals surface area contributed by atoms with Gasteiger partial charge in [0, 0.05) is 24.7 Å². The number of hydrogen-bond donors (Lipinski definition) is 1. The second-order valence-corrected chi connectivity index (χ2v) is 6.10. The first-order valence-electron chi connectivity index (χ1n) is 8.27. The lowest BCUT2D eigenvalue weighted by Crippen LogP contribution is -2.49. The molecule has 0 saturated carbocycles. The molecule has 1 aliphatic heterocycles. The minimum atomic E-state index is 0.198. The fourth-order valence-corrected chi connectivity index (χ4v) is 2.95. The van der Waals surface area contributed by atoms with Crippen LogP contribution in [-0.2, 0) is 6.42 Å².